The van der Waals surface area contributed by atoms with E-state index in [1.54, 1.807) is 4.68 Å². The van der Waals surface area contributed by atoms with Gasteiger partial charge in [-0.2, -0.15) is 9.47 Å². The summed E-state index contributed by atoms with van der Waals surface area (Å²) in [6.45, 7) is 2.12. The van der Waals surface area contributed by atoms with E-state index in [9.17, 15) is 0 Å². The number of aromatic nitrogens is 4. The lowest BCUT2D eigenvalue weighted by Gasteiger charge is -1.97. The second kappa shape index (κ2) is 5.42. The molecule has 20 heavy (non-hydrogen) atoms. The molecule has 2 heterocycles. The second-order valence-corrected chi connectivity index (χ2v) is 5.27. The minimum atomic E-state index is 0.759. The fourth-order valence-corrected chi connectivity index (χ4v) is 2.56. The Morgan fingerprint density at radius 1 is 1.20 bits per heavy atom. The molecule has 0 atom stereocenters. The van der Waals surface area contributed by atoms with Gasteiger partial charge >= 0.3 is 0 Å². The van der Waals surface area contributed by atoms with E-state index < -0.39 is 0 Å². The normalized spacial score (nSPS) is 10.8. The van der Waals surface area contributed by atoms with Gasteiger partial charge in [0.15, 0.2) is 0 Å². The number of nitrogens with two attached hydrogens (primary N) is 1. The Morgan fingerprint density at radius 2 is 2.00 bits per heavy atom. The predicted octanol–water partition coefficient (Wildman–Crippen LogP) is 2.93. The van der Waals surface area contributed by atoms with E-state index in [0.717, 1.165) is 40.6 Å². The number of aryl methyl sites for hydroxylation is 1. The molecule has 3 rings (SSSR count). The van der Waals surface area contributed by atoms with E-state index in [-0.39, 0.29) is 0 Å². The molecule has 3 aromatic rings. The van der Waals surface area contributed by atoms with Gasteiger partial charge in [0.05, 0.1) is 6.20 Å². The van der Waals surface area contributed by atoms with Crippen molar-refractivity contribution in [1.29, 1.82) is 0 Å². The molecule has 0 saturated heterocycles. The Bertz CT molecular complexity index is 698. The summed E-state index contributed by atoms with van der Waals surface area (Å²) in [6, 6.07) is 7.74. The molecule has 2 aromatic heterocycles. The third-order valence-electron chi connectivity index (χ3n) is 2.95. The lowest BCUT2D eigenvalue weighted by Crippen LogP contribution is -1.94. The number of hydrogen-bond donors (Lipinski definition) is 1. The van der Waals surface area contributed by atoms with E-state index in [4.69, 9.17) is 5.73 Å². The average molecular weight is 285 g/mol. The number of anilines is 1. The summed E-state index contributed by atoms with van der Waals surface area (Å²) in [4.78, 5) is 4.48. The number of hydrogen-bond acceptors (Lipinski definition) is 5. The molecule has 0 radical (unpaired) electrons. The first-order chi connectivity index (χ1) is 9.76. The van der Waals surface area contributed by atoms with Gasteiger partial charge in [0, 0.05) is 35.4 Å². The van der Waals surface area contributed by atoms with Crippen molar-refractivity contribution in [2.75, 3.05) is 5.73 Å². The number of rotatable bonds is 4. The third-order valence-corrected chi connectivity index (χ3v) is 3.70. The van der Waals surface area contributed by atoms with Gasteiger partial charge in [0.25, 0.3) is 0 Å². The lowest BCUT2D eigenvalue weighted by atomic mass is 10.1. The molecule has 102 valence electrons. The van der Waals surface area contributed by atoms with E-state index in [1.807, 2.05) is 36.7 Å². The van der Waals surface area contributed by atoms with Crippen LogP contribution >= 0.6 is 11.5 Å². The zero-order chi connectivity index (χ0) is 13.9. The SMILES string of the molecule is CCCc1nsc(-n2cc(-c3ccc(N)cc3)cn2)n1. The predicted molar refractivity (Wildman–Crippen MR) is 80.9 cm³/mol. The summed E-state index contributed by atoms with van der Waals surface area (Å²) < 4.78 is 6.10. The van der Waals surface area contributed by atoms with Crippen LogP contribution < -0.4 is 5.73 Å². The van der Waals surface area contributed by atoms with Crippen molar-refractivity contribution >= 4 is 17.2 Å². The number of benzene rings is 1. The van der Waals surface area contributed by atoms with Crippen molar-refractivity contribution in [1.82, 2.24) is 19.1 Å². The molecular weight excluding hydrogens is 270 g/mol. The summed E-state index contributed by atoms with van der Waals surface area (Å²) in [5, 5.41) is 5.15. The highest BCUT2D eigenvalue weighted by Gasteiger charge is 2.08. The standard InChI is InChI=1S/C14H15N5S/c1-2-3-13-17-14(20-18-13)19-9-11(8-16-19)10-4-6-12(15)7-5-10/h4-9H,2-3,15H2,1H3. The molecule has 6 heteroatoms. The molecule has 0 amide bonds. The highest BCUT2D eigenvalue weighted by Crippen LogP contribution is 2.21. The molecule has 2 N–H and O–H groups in total. The molecule has 0 saturated carbocycles. The van der Waals surface area contributed by atoms with E-state index >= 15 is 0 Å². The van der Waals surface area contributed by atoms with Gasteiger partial charge < -0.3 is 5.73 Å². The Balaban J connectivity index is 1.87. The number of nitrogens with zero attached hydrogens (tertiary/aromatic N) is 4. The zero-order valence-electron chi connectivity index (χ0n) is 11.2. The summed E-state index contributed by atoms with van der Waals surface area (Å²) in [5.74, 6) is 0.886. The van der Waals surface area contributed by atoms with Crippen molar-refractivity contribution < 1.29 is 0 Å². The van der Waals surface area contributed by atoms with Crippen molar-refractivity contribution in [3.05, 3.63) is 42.5 Å². The molecule has 0 spiro atoms. The van der Waals surface area contributed by atoms with Gasteiger partial charge in [-0.1, -0.05) is 19.1 Å². The van der Waals surface area contributed by atoms with Crippen LogP contribution in [0.3, 0.4) is 0 Å². The van der Waals surface area contributed by atoms with Crippen LogP contribution in [-0.4, -0.2) is 19.1 Å². The van der Waals surface area contributed by atoms with Gasteiger partial charge in [-0.25, -0.2) is 9.67 Å². The first-order valence-electron chi connectivity index (χ1n) is 6.50. The van der Waals surface area contributed by atoms with Gasteiger partial charge in [-0.05, 0) is 24.1 Å². The molecule has 0 aliphatic carbocycles. The zero-order valence-corrected chi connectivity index (χ0v) is 12.0. The van der Waals surface area contributed by atoms with Gasteiger partial charge in [0.2, 0.25) is 5.13 Å². The average Bonchev–Trinajstić information content (AvgIpc) is 3.08. The maximum Gasteiger partial charge on any atom is 0.230 e. The van der Waals surface area contributed by atoms with Crippen molar-refractivity contribution in [3.8, 4) is 16.3 Å². The quantitative estimate of drug-likeness (QED) is 0.748. The molecule has 0 unspecified atom stereocenters. The van der Waals surface area contributed by atoms with Crippen LogP contribution in [0.1, 0.15) is 19.2 Å². The lowest BCUT2D eigenvalue weighted by molar-refractivity contribution is 0.825. The van der Waals surface area contributed by atoms with Crippen LogP contribution in [0.15, 0.2) is 36.7 Å². The van der Waals surface area contributed by atoms with E-state index in [2.05, 4.69) is 21.4 Å². The van der Waals surface area contributed by atoms with Crippen molar-refractivity contribution in [2.45, 2.75) is 19.8 Å². The summed E-state index contributed by atoms with van der Waals surface area (Å²) in [5.41, 5.74) is 8.58. The minimum Gasteiger partial charge on any atom is -0.399 e. The van der Waals surface area contributed by atoms with E-state index in [1.165, 1.54) is 11.5 Å². The van der Waals surface area contributed by atoms with Crippen LogP contribution in [0.2, 0.25) is 0 Å². The largest absolute Gasteiger partial charge is 0.399 e. The first-order valence-corrected chi connectivity index (χ1v) is 7.27. The fraction of sp³-hybridized carbons (Fsp3) is 0.214. The first kappa shape index (κ1) is 12.8. The molecule has 5 nitrogen and oxygen atoms in total. The van der Waals surface area contributed by atoms with Crippen LogP contribution in [0, 0.1) is 0 Å². The monoisotopic (exact) mass is 285 g/mol. The number of nitrogen functional groups attached to an aromatic ring is 1. The van der Waals surface area contributed by atoms with Gasteiger partial charge in [-0.15, -0.1) is 0 Å². The fourth-order valence-electron chi connectivity index (χ4n) is 1.92. The summed E-state index contributed by atoms with van der Waals surface area (Å²) in [6.07, 6.45) is 5.74. The van der Waals surface area contributed by atoms with E-state index in [0.29, 0.717) is 0 Å². The van der Waals surface area contributed by atoms with Crippen LogP contribution in [-0.2, 0) is 6.42 Å². The Kier molecular flexibility index (Phi) is 3.47. The van der Waals surface area contributed by atoms with Gasteiger partial charge in [-0.3, -0.25) is 0 Å². The van der Waals surface area contributed by atoms with Crippen LogP contribution in [0.4, 0.5) is 5.69 Å². The summed E-state index contributed by atoms with van der Waals surface area (Å²) in [7, 11) is 0. The molecule has 0 aliphatic heterocycles. The van der Waals surface area contributed by atoms with Gasteiger partial charge in [0.1, 0.15) is 5.82 Å². The topological polar surface area (TPSA) is 69.6 Å². The third kappa shape index (κ3) is 2.55. The van der Waals surface area contributed by atoms with Crippen molar-refractivity contribution in [2.24, 2.45) is 0 Å². The van der Waals surface area contributed by atoms with Crippen LogP contribution in [0.5, 0.6) is 0 Å². The highest BCUT2D eigenvalue weighted by molar-refractivity contribution is 7.08. The van der Waals surface area contributed by atoms with Crippen LogP contribution in [0.25, 0.3) is 16.3 Å². The molecule has 0 aliphatic rings. The minimum absolute atomic E-state index is 0.759. The molecule has 0 fully saturated rings. The molecule has 0 bridgehead atoms. The summed E-state index contributed by atoms with van der Waals surface area (Å²) >= 11 is 1.37. The molecular formula is C14H15N5S. The Labute approximate surface area is 121 Å². The maximum absolute atomic E-state index is 5.69. The molecule has 1 aromatic carbocycles. The smallest absolute Gasteiger partial charge is 0.230 e. The maximum atomic E-state index is 5.69. The van der Waals surface area contributed by atoms with Crippen molar-refractivity contribution in [3.63, 3.8) is 0 Å². The Morgan fingerprint density at radius 3 is 2.75 bits per heavy atom. The highest BCUT2D eigenvalue weighted by atomic mass is 32.1. The second-order valence-electron chi connectivity index (χ2n) is 4.54. The Hall–Kier alpha value is -2.21.